The van der Waals surface area contributed by atoms with Gasteiger partial charge >= 0.3 is 0 Å². The van der Waals surface area contributed by atoms with Gasteiger partial charge in [-0.15, -0.1) is 0 Å². The van der Waals surface area contributed by atoms with Crippen molar-refractivity contribution in [2.24, 2.45) is 5.10 Å². The Kier molecular flexibility index (Phi) is 7.44. The fraction of sp³-hybridized carbons (Fsp3) is 0.167. The number of methoxy groups -OCH3 is 1. The Balaban J connectivity index is 1.79. The first-order valence-electron chi connectivity index (χ1n) is 7.69. The Morgan fingerprint density at radius 2 is 1.85 bits per heavy atom. The normalized spacial score (nSPS) is 10.6. The van der Waals surface area contributed by atoms with Gasteiger partial charge < -0.3 is 10.1 Å². The lowest BCUT2D eigenvalue weighted by Gasteiger charge is -2.07. The summed E-state index contributed by atoms with van der Waals surface area (Å²) in [5.74, 6) is -0.0729. The van der Waals surface area contributed by atoms with E-state index in [-0.39, 0.29) is 24.7 Å². The zero-order chi connectivity index (χ0) is 18.9. The molecule has 8 heteroatoms. The Bertz CT molecular complexity index is 825. The number of hydrazone groups is 1. The number of carbonyl (C=O) groups is 2. The van der Waals surface area contributed by atoms with Gasteiger partial charge in [-0.05, 0) is 30.3 Å². The van der Waals surface area contributed by atoms with Gasteiger partial charge in [-0.25, -0.2) is 5.43 Å². The minimum Gasteiger partial charge on any atom is -0.496 e. The molecular weight excluding hydrogens is 377 g/mol. The summed E-state index contributed by atoms with van der Waals surface area (Å²) in [4.78, 5) is 23.7. The van der Waals surface area contributed by atoms with E-state index in [2.05, 4.69) is 15.8 Å². The van der Waals surface area contributed by atoms with E-state index in [4.69, 9.17) is 27.9 Å². The zero-order valence-corrected chi connectivity index (χ0v) is 15.5. The molecule has 2 aromatic rings. The van der Waals surface area contributed by atoms with E-state index in [1.807, 2.05) is 12.1 Å². The largest absolute Gasteiger partial charge is 0.496 e. The van der Waals surface area contributed by atoms with E-state index < -0.39 is 0 Å². The number of amides is 2. The van der Waals surface area contributed by atoms with E-state index in [1.165, 1.54) is 12.3 Å². The molecule has 0 aliphatic carbocycles. The topological polar surface area (TPSA) is 79.8 Å². The third-order valence-corrected chi connectivity index (χ3v) is 3.86. The second-order valence-corrected chi connectivity index (χ2v) is 6.05. The van der Waals surface area contributed by atoms with Crippen molar-refractivity contribution in [1.29, 1.82) is 0 Å². The lowest BCUT2D eigenvalue weighted by atomic mass is 10.2. The van der Waals surface area contributed by atoms with E-state index in [0.29, 0.717) is 21.5 Å². The average molecular weight is 394 g/mol. The molecule has 26 heavy (non-hydrogen) atoms. The molecule has 0 heterocycles. The second-order valence-electron chi connectivity index (χ2n) is 5.21. The molecule has 0 saturated heterocycles. The van der Waals surface area contributed by atoms with Gasteiger partial charge in [0.05, 0.1) is 24.0 Å². The molecule has 136 valence electrons. The minimum atomic E-state index is -0.381. The van der Waals surface area contributed by atoms with Crippen LogP contribution in [0.25, 0.3) is 0 Å². The number of hydrogen-bond donors (Lipinski definition) is 2. The molecule has 2 aromatic carbocycles. The minimum absolute atomic E-state index is 0.00499. The molecule has 0 aliphatic rings. The third kappa shape index (κ3) is 6.06. The Labute approximate surface area is 161 Å². The number of nitrogens with one attached hydrogen (secondary N) is 2. The SMILES string of the molecule is COc1ccccc1/C=N/NC(=O)CCC(=O)Nc1ccc(Cl)cc1Cl. The van der Waals surface area contributed by atoms with Crippen molar-refractivity contribution in [3.8, 4) is 5.75 Å². The number of ether oxygens (including phenoxy) is 1. The molecule has 0 radical (unpaired) electrons. The predicted octanol–water partition coefficient (Wildman–Crippen LogP) is 3.87. The zero-order valence-electron chi connectivity index (χ0n) is 14.0. The van der Waals surface area contributed by atoms with Gasteiger partial charge in [-0.2, -0.15) is 5.10 Å². The van der Waals surface area contributed by atoms with Crippen molar-refractivity contribution in [3.63, 3.8) is 0 Å². The van der Waals surface area contributed by atoms with Crippen LogP contribution in [0.2, 0.25) is 10.0 Å². The number of para-hydroxylation sites is 1. The van der Waals surface area contributed by atoms with Crippen LogP contribution in [0.4, 0.5) is 5.69 Å². The molecular formula is C18H17Cl2N3O3. The van der Waals surface area contributed by atoms with Crippen LogP contribution < -0.4 is 15.5 Å². The average Bonchev–Trinajstić information content (AvgIpc) is 2.63. The number of hydrogen-bond acceptors (Lipinski definition) is 4. The lowest BCUT2D eigenvalue weighted by molar-refractivity contribution is -0.124. The molecule has 0 atom stereocenters. The molecule has 0 saturated carbocycles. The van der Waals surface area contributed by atoms with Crippen LogP contribution in [-0.4, -0.2) is 25.1 Å². The van der Waals surface area contributed by atoms with Crippen molar-refractivity contribution in [2.75, 3.05) is 12.4 Å². The summed E-state index contributed by atoms with van der Waals surface area (Å²) in [6.07, 6.45) is 1.46. The van der Waals surface area contributed by atoms with Crippen molar-refractivity contribution in [2.45, 2.75) is 12.8 Å². The molecule has 0 aliphatic heterocycles. The Morgan fingerprint density at radius 3 is 2.58 bits per heavy atom. The molecule has 0 fully saturated rings. The van der Waals surface area contributed by atoms with Gasteiger partial charge in [0.1, 0.15) is 5.75 Å². The lowest BCUT2D eigenvalue weighted by Crippen LogP contribution is -2.20. The second kappa shape index (κ2) is 9.79. The van der Waals surface area contributed by atoms with Gasteiger partial charge in [-0.3, -0.25) is 9.59 Å². The standard InChI is InChI=1S/C18H17Cl2N3O3/c1-26-16-5-3-2-4-12(16)11-21-23-18(25)9-8-17(24)22-15-7-6-13(19)10-14(15)20/h2-7,10-11H,8-9H2,1H3,(H,22,24)(H,23,25)/b21-11+. The van der Waals surface area contributed by atoms with Crippen LogP contribution in [-0.2, 0) is 9.59 Å². The first-order chi connectivity index (χ1) is 12.5. The highest BCUT2D eigenvalue weighted by Gasteiger charge is 2.09. The highest BCUT2D eigenvalue weighted by Crippen LogP contribution is 2.25. The van der Waals surface area contributed by atoms with Crippen molar-refractivity contribution in [3.05, 3.63) is 58.1 Å². The van der Waals surface area contributed by atoms with Crippen LogP contribution in [0.3, 0.4) is 0 Å². The summed E-state index contributed by atoms with van der Waals surface area (Å²) in [5.41, 5.74) is 3.54. The fourth-order valence-corrected chi connectivity index (χ4v) is 2.49. The maximum absolute atomic E-state index is 11.9. The monoisotopic (exact) mass is 393 g/mol. The maximum Gasteiger partial charge on any atom is 0.240 e. The first kappa shape index (κ1) is 19.8. The molecule has 2 N–H and O–H groups in total. The number of rotatable bonds is 7. The Hall–Kier alpha value is -2.57. The van der Waals surface area contributed by atoms with Crippen LogP contribution in [0.1, 0.15) is 18.4 Å². The molecule has 0 unspecified atom stereocenters. The fourth-order valence-electron chi connectivity index (χ4n) is 2.03. The first-order valence-corrected chi connectivity index (χ1v) is 8.45. The van der Waals surface area contributed by atoms with Crippen LogP contribution in [0, 0.1) is 0 Å². The molecule has 2 amide bonds. The summed E-state index contributed by atoms with van der Waals surface area (Å²) in [6, 6.07) is 12.0. The van der Waals surface area contributed by atoms with Gasteiger partial charge in [0.15, 0.2) is 0 Å². The third-order valence-electron chi connectivity index (χ3n) is 3.32. The van der Waals surface area contributed by atoms with Crippen LogP contribution in [0.15, 0.2) is 47.6 Å². The van der Waals surface area contributed by atoms with E-state index in [9.17, 15) is 9.59 Å². The highest BCUT2D eigenvalue weighted by molar-refractivity contribution is 6.36. The molecule has 6 nitrogen and oxygen atoms in total. The summed E-state index contributed by atoms with van der Waals surface area (Å²) in [5, 5.41) is 7.29. The number of halogens is 2. The van der Waals surface area contributed by atoms with Gasteiger partial charge in [0.2, 0.25) is 11.8 Å². The van der Waals surface area contributed by atoms with E-state index in [0.717, 1.165) is 5.56 Å². The molecule has 0 spiro atoms. The summed E-state index contributed by atoms with van der Waals surface area (Å²) >= 11 is 11.8. The predicted molar refractivity (Wildman–Crippen MR) is 103 cm³/mol. The van der Waals surface area contributed by atoms with E-state index >= 15 is 0 Å². The quantitative estimate of drug-likeness (QED) is 0.553. The van der Waals surface area contributed by atoms with Gasteiger partial charge in [0.25, 0.3) is 0 Å². The van der Waals surface area contributed by atoms with Crippen LogP contribution >= 0.6 is 23.2 Å². The van der Waals surface area contributed by atoms with Crippen molar-refractivity contribution < 1.29 is 14.3 Å². The van der Waals surface area contributed by atoms with E-state index in [1.54, 1.807) is 31.4 Å². The molecule has 0 aromatic heterocycles. The van der Waals surface area contributed by atoms with Gasteiger partial charge in [-0.1, -0.05) is 35.3 Å². The number of benzene rings is 2. The van der Waals surface area contributed by atoms with Gasteiger partial charge in [0, 0.05) is 23.4 Å². The number of anilines is 1. The number of carbonyl (C=O) groups excluding carboxylic acids is 2. The van der Waals surface area contributed by atoms with Crippen LogP contribution in [0.5, 0.6) is 5.75 Å². The summed E-state index contributed by atoms with van der Waals surface area (Å²) < 4.78 is 5.18. The number of nitrogens with zero attached hydrogens (tertiary/aromatic N) is 1. The smallest absolute Gasteiger partial charge is 0.240 e. The van der Waals surface area contributed by atoms with Crippen molar-refractivity contribution in [1.82, 2.24) is 5.43 Å². The van der Waals surface area contributed by atoms with Crippen molar-refractivity contribution >= 4 is 46.9 Å². The molecule has 2 rings (SSSR count). The molecule has 0 bridgehead atoms. The summed E-state index contributed by atoms with van der Waals surface area (Å²) in [7, 11) is 1.55. The summed E-state index contributed by atoms with van der Waals surface area (Å²) in [6.45, 7) is 0. The highest BCUT2D eigenvalue weighted by atomic mass is 35.5. The maximum atomic E-state index is 11.9. The Morgan fingerprint density at radius 1 is 1.12 bits per heavy atom.